The molecule has 0 spiro atoms. The summed E-state index contributed by atoms with van der Waals surface area (Å²) in [5.41, 5.74) is 1.43. The van der Waals surface area contributed by atoms with Gasteiger partial charge in [-0.3, -0.25) is 0 Å². The van der Waals surface area contributed by atoms with Crippen molar-refractivity contribution in [2.45, 2.75) is 82.8 Å². The fourth-order valence-electron chi connectivity index (χ4n) is 4.28. The first kappa shape index (κ1) is 19.9. The number of rotatable bonds is 3. The molecule has 0 amide bonds. The van der Waals surface area contributed by atoms with E-state index >= 15 is 0 Å². The van der Waals surface area contributed by atoms with Crippen molar-refractivity contribution in [2.75, 3.05) is 6.61 Å². The molecule has 2 aromatic heterocycles. The number of imidazole rings is 1. The van der Waals surface area contributed by atoms with E-state index in [4.69, 9.17) is 9.47 Å². The van der Waals surface area contributed by atoms with Crippen LogP contribution in [0.15, 0.2) is 18.3 Å². The summed E-state index contributed by atoms with van der Waals surface area (Å²) in [5.74, 6) is -0.0776. The summed E-state index contributed by atoms with van der Waals surface area (Å²) >= 11 is 0. The minimum absolute atomic E-state index is 0.143. The first-order chi connectivity index (χ1) is 13.5. The van der Waals surface area contributed by atoms with Gasteiger partial charge in [0.15, 0.2) is 5.69 Å². The summed E-state index contributed by atoms with van der Waals surface area (Å²) in [5, 5.41) is 9.79. The number of ether oxygens (including phenoxy) is 2. The van der Waals surface area contributed by atoms with Crippen LogP contribution in [-0.4, -0.2) is 33.2 Å². The van der Waals surface area contributed by atoms with Crippen molar-refractivity contribution in [3.8, 4) is 6.07 Å². The Kier molecular flexibility index (Phi) is 4.51. The smallest absolute Gasteiger partial charge is 0.359 e. The van der Waals surface area contributed by atoms with Gasteiger partial charge in [-0.1, -0.05) is 0 Å². The Labute approximate surface area is 171 Å². The number of pyridine rings is 1. The quantitative estimate of drug-likeness (QED) is 0.714. The van der Waals surface area contributed by atoms with Crippen molar-refractivity contribution in [3.63, 3.8) is 0 Å². The average Bonchev–Trinajstić information content (AvgIpc) is 3.31. The second-order valence-corrected chi connectivity index (χ2v) is 9.99. The van der Waals surface area contributed by atoms with Gasteiger partial charge in [0, 0.05) is 12.8 Å². The molecule has 2 aliphatic rings. The fourth-order valence-corrected chi connectivity index (χ4v) is 4.28. The monoisotopic (exact) mass is 395 g/mol. The molecule has 0 bridgehead atoms. The lowest BCUT2D eigenvalue weighted by atomic mass is 9.84. The summed E-state index contributed by atoms with van der Waals surface area (Å²) in [6.07, 6.45) is 5.35. The van der Waals surface area contributed by atoms with E-state index in [9.17, 15) is 10.1 Å². The van der Waals surface area contributed by atoms with Crippen molar-refractivity contribution in [1.82, 2.24) is 9.38 Å². The van der Waals surface area contributed by atoms with Gasteiger partial charge in [-0.2, -0.15) is 5.26 Å². The van der Waals surface area contributed by atoms with Crippen LogP contribution in [0.2, 0.25) is 0 Å². The summed E-state index contributed by atoms with van der Waals surface area (Å²) in [6, 6.07) is 6.55. The maximum absolute atomic E-state index is 12.9. The molecule has 1 saturated carbocycles. The number of nitrogens with zero attached hydrogens (tertiary/aromatic N) is 3. The van der Waals surface area contributed by atoms with E-state index in [0.717, 1.165) is 32.3 Å². The van der Waals surface area contributed by atoms with E-state index < -0.39 is 17.0 Å². The number of fused-ring (bicyclic) bond motifs is 1. The van der Waals surface area contributed by atoms with E-state index in [1.165, 1.54) is 5.56 Å². The number of hydrogen-bond donors (Lipinski definition) is 0. The number of aromatic nitrogens is 2. The third-order valence-corrected chi connectivity index (χ3v) is 5.83. The molecule has 2 fully saturated rings. The second kappa shape index (κ2) is 6.56. The van der Waals surface area contributed by atoms with E-state index in [1.807, 2.05) is 31.4 Å². The van der Waals surface area contributed by atoms with Gasteiger partial charge >= 0.3 is 5.97 Å². The molecule has 0 N–H and O–H groups in total. The summed E-state index contributed by atoms with van der Waals surface area (Å²) in [7, 11) is 0. The molecule has 4 rings (SSSR count). The van der Waals surface area contributed by atoms with Crippen LogP contribution in [0, 0.1) is 11.3 Å². The molecule has 6 heteroatoms. The molecule has 1 atom stereocenters. The van der Waals surface area contributed by atoms with Gasteiger partial charge < -0.3 is 13.9 Å². The maximum Gasteiger partial charge on any atom is 0.359 e. The van der Waals surface area contributed by atoms with Gasteiger partial charge in [0.25, 0.3) is 0 Å². The summed E-state index contributed by atoms with van der Waals surface area (Å²) in [6.45, 7) is 10.5. The van der Waals surface area contributed by atoms with E-state index in [0.29, 0.717) is 17.3 Å². The van der Waals surface area contributed by atoms with Gasteiger partial charge in [-0.15, -0.1) is 0 Å². The first-order valence-electron chi connectivity index (χ1n) is 10.3. The van der Waals surface area contributed by atoms with Crippen LogP contribution >= 0.6 is 0 Å². The van der Waals surface area contributed by atoms with Crippen molar-refractivity contribution in [1.29, 1.82) is 5.26 Å². The zero-order valence-electron chi connectivity index (χ0n) is 17.9. The number of carbonyl (C=O) groups is 1. The normalized spacial score (nSPS) is 22.8. The lowest BCUT2D eigenvalue weighted by Gasteiger charge is -2.35. The van der Waals surface area contributed by atoms with Crippen LogP contribution in [0.1, 0.15) is 88.0 Å². The number of carbonyl (C=O) groups excluding carboxylic acids is 1. The first-order valence-corrected chi connectivity index (χ1v) is 10.3. The molecule has 29 heavy (non-hydrogen) atoms. The zero-order chi connectivity index (χ0) is 21.0. The van der Waals surface area contributed by atoms with Crippen LogP contribution < -0.4 is 0 Å². The molecule has 2 aromatic rings. The third kappa shape index (κ3) is 3.76. The van der Waals surface area contributed by atoms with Gasteiger partial charge in [-0.25, -0.2) is 9.78 Å². The molecule has 1 saturated heterocycles. The molecule has 0 aromatic carbocycles. The van der Waals surface area contributed by atoms with Crippen LogP contribution in [0.4, 0.5) is 0 Å². The topological polar surface area (TPSA) is 76.6 Å². The van der Waals surface area contributed by atoms with E-state index in [-0.39, 0.29) is 11.3 Å². The summed E-state index contributed by atoms with van der Waals surface area (Å²) < 4.78 is 13.4. The highest BCUT2D eigenvalue weighted by Crippen LogP contribution is 2.49. The van der Waals surface area contributed by atoms with Crippen molar-refractivity contribution in [3.05, 3.63) is 35.3 Å². The lowest BCUT2D eigenvalue weighted by molar-refractivity contribution is -0.0593. The predicted octanol–water partition coefficient (Wildman–Crippen LogP) is 4.52. The van der Waals surface area contributed by atoms with E-state index in [1.54, 1.807) is 0 Å². The van der Waals surface area contributed by atoms with Crippen molar-refractivity contribution in [2.24, 2.45) is 0 Å². The molecule has 6 nitrogen and oxygen atoms in total. The highest BCUT2D eigenvalue weighted by Gasteiger charge is 2.50. The molecule has 0 radical (unpaired) electrons. The molecular weight excluding hydrogens is 366 g/mol. The molecule has 1 aliphatic carbocycles. The molecule has 154 valence electrons. The van der Waals surface area contributed by atoms with Gasteiger partial charge in [-0.05, 0) is 83.9 Å². The van der Waals surface area contributed by atoms with Crippen LogP contribution in [0.5, 0.6) is 0 Å². The van der Waals surface area contributed by atoms with Crippen LogP contribution in [-0.2, 0) is 14.9 Å². The molecule has 3 heterocycles. The highest BCUT2D eigenvalue weighted by molar-refractivity contribution is 5.91. The Balaban J connectivity index is 1.78. The minimum atomic E-state index is -0.645. The largest absolute Gasteiger partial charge is 0.455 e. The number of nitriles is 1. The summed E-state index contributed by atoms with van der Waals surface area (Å²) in [4.78, 5) is 17.5. The minimum Gasteiger partial charge on any atom is -0.455 e. The van der Waals surface area contributed by atoms with Crippen LogP contribution in [0.25, 0.3) is 5.65 Å². The maximum atomic E-state index is 12.9. The molecular formula is C23H29N3O3. The average molecular weight is 396 g/mol. The Bertz CT molecular complexity index is 1000. The zero-order valence-corrected chi connectivity index (χ0v) is 17.9. The molecule has 1 aliphatic heterocycles. The molecule has 1 unspecified atom stereocenters. The standard InChI is InChI=1S/C23H29N3O3/c1-21(2,3)29-20(27)18-19(23(14-24)8-9-23)26-10-6-15(12-17(26)25-18)16-7-11-28-22(4,5)13-16/h6,10,12,16H,7-9,11,13H2,1-5H3. The van der Waals surface area contributed by atoms with Crippen LogP contribution in [0.3, 0.4) is 0 Å². The van der Waals surface area contributed by atoms with Crippen molar-refractivity contribution < 1.29 is 14.3 Å². The Morgan fingerprint density at radius 1 is 1.38 bits per heavy atom. The second-order valence-electron chi connectivity index (χ2n) is 9.99. The Hall–Kier alpha value is -2.39. The number of hydrogen-bond acceptors (Lipinski definition) is 5. The Morgan fingerprint density at radius 3 is 2.69 bits per heavy atom. The predicted molar refractivity (Wildman–Crippen MR) is 109 cm³/mol. The van der Waals surface area contributed by atoms with Gasteiger partial charge in [0.05, 0.1) is 17.4 Å². The highest BCUT2D eigenvalue weighted by atomic mass is 16.6. The van der Waals surface area contributed by atoms with E-state index in [2.05, 4.69) is 37.0 Å². The third-order valence-electron chi connectivity index (χ3n) is 5.83. The van der Waals surface area contributed by atoms with Crippen molar-refractivity contribution >= 4 is 11.6 Å². The number of esters is 1. The Morgan fingerprint density at radius 2 is 2.10 bits per heavy atom. The SMILES string of the molecule is CC(C)(C)OC(=O)c1nc2cc(C3CCOC(C)(C)C3)ccn2c1C1(C#N)CC1. The van der Waals surface area contributed by atoms with Gasteiger partial charge in [0.2, 0.25) is 0 Å². The lowest BCUT2D eigenvalue weighted by Crippen LogP contribution is -2.33. The fraction of sp³-hybridized carbons (Fsp3) is 0.609. The van der Waals surface area contributed by atoms with Gasteiger partial charge in [0.1, 0.15) is 16.7 Å².